The average molecular weight is 994 g/mol. The van der Waals surface area contributed by atoms with Crippen molar-refractivity contribution in [1.82, 2.24) is 0 Å². The van der Waals surface area contributed by atoms with Gasteiger partial charge in [-0.1, -0.05) is 274 Å². The zero-order valence-electron chi connectivity index (χ0n) is 47.2. The van der Waals surface area contributed by atoms with Crippen LogP contribution < -0.4 is 0 Å². The quantitative estimate of drug-likeness (QED) is 0.0261. The van der Waals surface area contributed by atoms with Gasteiger partial charge in [-0.05, 0) is 83.5 Å². The minimum Gasteiger partial charge on any atom is -0.462 e. The zero-order chi connectivity index (χ0) is 51.4. The summed E-state index contributed by atoms with van der Waals surface area (Å²) in [7, 11) is 0. The largest absolute Gasteiger partial charge is 0.462 e. The molecule has 0 aromatic heterocycles. The van der Waals surface area contributed by atoms with Crippen LogP contribution in [0.5, 0.6) is 0 Å². The van der Waals surface area contributed by atoms with Crippen LogP contribution >= 0.6 is 0 Å². The molecular weight excluding hydrogens is 877 g/mol. The molecule has 0 radical (unpaired) electrons. The van der Waals surface area contributed by atoms with E-state index in [9.17, 15) is 14.4 Å². The predicted molar refractivity (Wildman–Crippen MR) is 307 cm³/mol. The van der Waals surface area contributed by atoms with Crippen molar-refractivity contribution in [1.29, 1.82) is 0 Å². The van der Waals surface area contributed by atoms with Gasteiger partial charge in [-0.3, -0.25) is 14.4 Å². The predicted octanol–water partition coefficient (Wildman–Crippen LogP) is 20.8. The molecule has 0 aliphatic rings. The summed E-state index contributed by atoms with van der Waals surface area (Å²) in [5.74, 6) is -0.869. The van der Waals surface area contributed by atoms with E-state index in [1.54, 1.807) is 0 Å². The van der Waals surface area contributed by atoms with E-state index >= 15 is 0 Å². The van der Waals surface area contributed by atoms with Gasteiger partial charge in [0.1, 0.15) is 13.2 Å². The van der Waals surface area contributed by atoms with Gasteiger partial charge in [-0.25, -0.2) is 0 Å². The Morgan fingerprint density at radius 2 is 0.549 bits per heavy atom. The minimum atomic E-state index is -0.775. The summed E-state index contributed by atoms with van der Waals surface area (Å²) in [5, 5.41) is 0. The maximum Gasteiger partial charge on any atom is 0.306 e. The van der Waals surface area contributed by atoms with Crippen molar-refractivity contribution in [2.24, 2.45) is 0 Å². The van der Waals surface area contributed by atoms with Crippen molar-refractivity contribution in [2.75, 3.05) is 13.2 Å². The number of esters is 3. The van der Waals surface area contributed by atoms with Crippen LogP contribution in [0.1, 0.15) is 316 Å². The smallest absolute Gasteiger partial charge is 0.306 e. The van der Waals surface area contributed by atoms with E-state index in [0.717, 1.165) is 89.9 Å². The number of carbonyl (C=O) groups excluding carboxylic acids is 3. The Bertz CT molecular complexity index is 1280. The third-order valence-electron chi connectivity index (χ3n) is 13.5. The third-order valence-corrected chi connectivity index (χ3v) is 13.5. The van der Waals surface area contributed by atoms with Crippen molar-refractivity contribution in [3.05, 3.63) is 60.8 Å². The molecule has 0 aliphatic heterocycles. The van der Waals surface area contributed by atoms with Crippen LogP contribution in [-0.2, 0) is 28.6 Å². The highest BCUT2D eigenvalue weighted by atomic mass is 16.6. The summed E-state index contributed by atoms with van der Waals surface area (Å²) >= 11 is 0. The Labute approximate surface area is 440 Å². The molecule has 0 spiro atoms. The first-order chi connectivity index (χ1) is 35.0. The number of unbranched alkanes of at least 4 members (excludes halogenated alkanes) is 35. The summed E-state index contributed by atoms with van der Waals surface area (Å²) in [4.78, 5) is 38.1. The lowest BCUT2D eigenvalue weighted by molar-refractivity contribution is -0.167. The van der Waals surface area contributed by atoms with Gasteiger partial charge >= 0.3 is 17.9 Å². The monoisotopic (exact) mass is 993 g/mol. The summed E-state index contributed by atoms with van der Waals surface area (Å²) < 4.78 is 16.9. The molecule has 71 heavy (non-hydrogen) atoms. The van der Waals surface area contributed by atoms with E-state index in [-0.39, 0.29) is 31.1 Å². The second kappa shape index (κ2) is 59.7. The zero-order valence-corrected chi connectivity index (χ0v) is 47.2. The lowest BCUT2D eigenvalue weighted by Crippen LogP contribution is -2.30. The van der Waals surface area contributed by atoms with Crippen molar-refractivity contribution in [3.8, 4) is 0 Å². The van der Waals surface area contributed by atoms with Crippen LogP contribution in [-0.4, -0.2) is 37.2 Å². The molecule has 0 bridgehead atoms. The summed E-state index contributed by atoms with van der Waals surface area (Å²) in [6.07, 6.45) is 75.2. The van der Waals surface area contributed by atoms with Crippen LogP contribution in [0.15, 0.2) is 60.8 Å². The van der Waals surface area contributed by atoms with E-state index in [4.69, 9.17) is 14.2 Å². The third kappa shape index (κ3) is 57.9. The second-order valence-corrected chi connectivity index (χ2v) is 20.6. The fourth-order valence-corrected chi connectivity index (χ4v) is 8.90. The summed E-state index contributed by atoms with van der Waals surface area (Å²) in [6, 6.07) is 0. The highest BCUT2D eigenvalue weighted by Gasteiger charge is 2.19. The molecule has 0 fully saturated rings. The molecular formula is C65H116O6. The van der Waals surface area contributed by atoms with E-state index in [1.165, 1.54) is 186 Å². The Kier molecular flexibility index (Phi) is 57.2. The fourth-order valence-electron chi connectivity index (χ4n) is 8.90. The fraction of sp³-hybridized carbons (Fsp3) is 0.800. The Morgan fingerprint density at radius 1 is 0.296 bits per heavy atom. The number of ether oxygens (including phenoxy) is 3. The van der Waals surface area contributed by atoms with Gasteiger partial charge in [-0.15, -0.1) is 0 Å². The Hall–Kier alpha value is -2.89. The Balaban J connectivity index is 4.19. The number of hydrogen-bond acceptors (Lipinski definition) is 6. The van der Waals surface area contributed by atoms with E-state index in [1.807, 2.05) is 0 Å². The molecule has 1 unspecified atom stereocenters. The molecule has 0 heterocycles. The van der Waals surface area contributed by atoms with Crippen LogP contribution in [0.4, 0.5) is 0 Å². The van der Waals surface area contributed by atoms with Crippen molar-refractivity contribution in [3.63, 3.8) is 0 Å². The first kappa shape index (κ1) is 68.1. The first-order valence-corrected chi connectivity index (χ1v) is 30.8. The second-order valence-electron chi connectivity index (χ2n) is 20.6. The molecule has 0 aromatic carbocycles. The maximum atomic E-state index is 12.8. The molecule has 0 amide bonds. The molecule has 0 N–H and O–H groups in total. The lowest BCUT2D eigenvalue weighted by Gasteiger charge is -2.18. The highest BCUT2D eigenvalue weighted by Crippen LogP contribution is 2.17. The molecule has 6 heteroatoms. The average Bonchev–Trinajstić information content (AvgIpc) is 3.37. The summed E-state index contributed by atoms with van der Waals surface area (Å²) in [6.45, 7) is 6.54. The number of carbonyl (C=O) groups is 3. The van der Waals surface area contributed by atoms with E-state index in [0.29, 0.717) is 19.3 Å². The molecule has 0 saturated heterocycles. The van der Waals surface area contributed by atoms with E-state index < -0.39 is 6.10 Å². The normalized spacial score (nSPS) is 12.4. The number of rotatable bonds is 56. The molecule has 412 valence electrons. The van der Waals surface area contributed by atoms with Crippen LogP contribution in [0.2, 0.25) is 0 Å². The highest BCUT2D eigenvalue weighted by molar-refractivity contribution is 5.71. The van der Waals surface area contributed by atoms with Crippen molar-refractivity contribution in [2.45, 2.75) is 322 Å². The summed E-state index contributed by atoms with van der Waals surface area (Å²) in [5.41, 5.74) is 0. The van der Waals surface area contributed by atoms with Gasteiger partial charge in [0, 0.05) is 19.3 Å². The van der Waals surface area contributed by atoms with Gasteiger partial charge < -0.3 is 14.2 Å². The Morgan fingerprint density at radius 3 is 0.873 bits per heavy atom. The molecule has 6 nitrogen and oxygen atoms in total. The standard InChI is InChI=1S/C65H116O6/c1-4-7-10-13-16-19-22-24-26-28-29-30-31-32-33-34-35-36-37-38-40-41-43-46-49-52-55-58-64(67)70-61-62(60-69-63(66)57-54-51-48-45-21-18-15-12-9-6-3)71-65(68)59-56-53-50-47-44-42-39-27-25-23-20-17-14-11-8-5-2/h7,10,16,19,24,26-27,29-30,39,62H,4-6,8-9,11-15,17-18,20-23,25,28,31-38,40-61H2,1-3H3/b10-7-,19-16-,26-24-,30-29-,39-27-. The van der Waals surface area contributed by atoms with E-state index in [2.05, 4.69) is 81.5 Å². The van der Waals surface area contributed by atoms with Gasteiger partial charge in [-0.2, -0.15) is 0 Å². The topological polar surface area (TPSA) is 78.9 Å². The lowest BCUT2D eigenvalue weighted by atomic mass is 10.0. The SMILES string of the molecule is CC/C=C\C/C=C\C/C=C\C/C=C\CCCCCCCCCCCCCCCCC(=O)OCC(COC(=O)CCCCCCCCCCCC)OC(=O)CCCCCCC/C=C\CCCCCCCCC. The first-order valence-electron chi connectivity index (χ1n) is 30.8. The van der Waals surface area contributed by atoms with Crippen molar-refractivity contribution >= 4 is 17.9 Å². The number of hydrogen-bond donors (Lipinski definition) is 0. The molecule has 0 rings (SSSR count). The van der Waals surface area contributed by atoms with Crippen LogP contribution in [0, 0.1) is 0 Å². The number of allylic oxidation sites excluding steroid dienone is 10. The van der Waals surface area contributed by atoms with Crippen molar-refractivity contribution < 1.29 is 28.6 Å². The molecule has 0 aliphatic carbocycles. The van der Waals surface area contributed by atoms with Gasteiger partial charge in [0.05, 0.1) is 0 Å². The molecule has 1 atom stereocenters. The maximum absolute atomic E-state index is 12.8. The molecule has 0 saturated carbocycles. The van der Waals surface area contributed by atoms with Gasteiger partial charge in [0.15, 0.2) is 6.10 Å². The van der Waals surface area contributed by atoms with Gasteiger partial charge in [0.25, 0.3) is 0 Å². The van der Waals surface area contributed by atoms with Gasteiger partial charge in [0.2, 0.25) is 0 Å². The van der Waals surface area contributed by atoms with Crippen LogP contribution in [0.25, 0.3) is 0 Å². The molecule has 0 aromatic rings. The van der Waals surface area contributed by atoms with Crippen LogP contribution in [0.3, 0.4) is 0 Å². The minimum absolute atomic E-state index is 0.0736.